The molecule has 0 aliphatic rings. The Morgan fingerprint density at radius 3 is 2.65 bits per heavy atom. The van der Waals surface area contributed by atoms with E-state index in [1.165, 1.54) is 20.2 Å². The molecule has 2 aromatic rings. The second-order valence-electron chi connectivity index (χ2n) is 5.03. The molecule has 0 fully saturated rings. The van der Waals surface area contributed by atoms with Gasteiger partial charge in [0.1, 0.15) is 27.8 Å². The van der Waals surface area contributed by atoms with E-state index < -0.39 is 15.8 Å². The number of rotatable bonds is 4. The number of imidazole rings is 1. The number of halogens is 2. The topological polar surface area (TPSA) is 79.0 Å². The van der Waals surface area contributed by atoms with Crippen LogP contribution in [-0.4, -0.2) is 29.3 Å². The summed E-state index contributed by atoms with van der Waals surface area (Å²) in [4.78, 5) is 3.84. The molecule has 0 bridgehead atoms. The number of aryl methyl sites for hydroxylation is 1. The summed E-state index contributed by atoms with van der Waals surface area (Å²) in [6, 6.07) is 3.72. The van der Waals surface area contributed by atoms with Crippen LogP contribution >= 0.6 is 11.6 Å². The summed E-state index contributed by atoms with van der Waals surface area (Å²) in [6.45, 7) is 1.41. The molecule has 1 aromatic carbocycles. The second-order valence-corrected chi connectivity index (χ2v) is 7.40. The summed E-state index contributed by atoms with van der Waals surface area (Å²) >= 11 is 5.88. The van der Waals surface area contributed by atoms with Gasteiger partial charge in [-0.05, 0) is 24.6 Å². The van der Waals surface area contributed by atoms with Crippen LogP contribution in [0.15, 0.2) is 23.2 Å². The van der Waals surface area contributed by atoms with Gasteiger partial charge in [-0.15, -0.1) is 0 Å². The van der Waals surface area contributed by atoms with Crippen molar-refractivity contribution in [3.8, 4) is 6.07 Å². The molecular weight excluding hydrogens is 343 g/mol. The third-order valence-electron chi connectivity index (χ3n) is 3.42. The maximum atomic E-state index is 13.4. The molecule has 0 atom stereocenters. The van der Waals surface area contributed by atoms with E-state index in [2.05, 4.69) is 4.98 Å². The van der Waals surface area contributed by atoms with Crippen molar-refractivity contribution in [3.63, 3.8) is 0 Å². The molecule has 0 radical (unpaired) electrons. The van der Waals surface area contributed by atoms with Crippen molar-refractivity contribution >= 4 is 21.6 Å². The quantitative estimate of drug-likeness (QED) is 0.841. The molecule has 6 nitrogen and oxygen atoms in total. The van der Waals surface area contributed by atoms with E-state index in [9.17, 15) is 12.8 Å². The molecule has 0 amide bonds. The van der Waals surface area contributed by atoms with Gasteiger partial charge in [-0.25, -0.2) is 17.8 Å². The molecule has 23 heavy (non-hydrogen) atoms. The average Bonchev–Trinajstić information content (AvgIpc) is 2.77. The van der Waals surface area contributed by atoms with E-state index in [0.717, 1.165) is 16.4 Å². The third kappa shape index (κ3) is 3.22. The van der Waals surface area contributed by atoms with Crippen LogP contribution in [0.4, 0.5) is 4.39 Å². The van der Waals surface area contributed by atoms with Gasteiger partial charge in [-0.1, -0.05) is 11.6 Å². The first-order valence-electron chi connectivity index (χ1n) is 6.51. The maximum Gasteiger partial charge on any atom is 0.244 e. The summed E-state index contributed by atoms with van der Waals surface area (Å²) in [7, 11) is -0.962. The van der Waals surface area contributed by atoms with Gasteiger partial charge in [0.05, 0.1) is 18.3 Å². The number of benzene rings is 1. The molecule has 0 aliphatic heterocycles. The minimum atomic E-state index is -3.99. The van der Waals surface area contributed by atoms with Crippen molar-refractivity contribution in [1.82, 2.24) is 13.9 Å². The largest absolute Gasteiger partial charge is 0.321 e. The fourth-order valence-electron chi connectivity index (χ4n) is 2.17. The summed E-state index contributed by atoms with van der Waals surface area (Å²) in [5.41, 5.74) is -0.0569. The number of hydrogen-bond donors (Lipinski definition) is 0. The van der Waals surface area contributed by atoms with Crippen molar-refractivity contribution in [2.75, 3.05) is 7.05 Å². The highest BCUT2D eigenvalue weighted by atomic mass is 35.5. The molecule has 2 rings (SSSR count). The van der Waals surface area contributed by atoms with Crippen molar-refractivity contribution in [3.05, 3.63) is 46.3 Å². The summed E-state index contributed by atoms with van der Waals surface area (Å²) in [5, 5.41) is 9.49. The van der Waals surface area contributed by atoms with Gasteiger partial charge < -0.3 is 4.57 Å². The molecule has 0 aliphatic carbocycles. The number of sulfonamides is 1. The molecule has 122 valence electrons. The number of nitrogens with zero attached hydrogens (tertiary/aromatic N) is 4. The zero-order valence-electron chi connectivity index (χ0n) is 12.7. The zero-order valence-corrected chi connectivity index (χ0v) is 14.3. The minimum absolute atomic E-state index is 0.0345. The molecule has 0 saturated carbocycles. The lowest BCUT2D eigenvalue weighted by Crippen LogP contribution is -2.29. The summed E-state index contributed by atoms with van der Waals surface area (Å²) in [6.07, 6.45) is 1.42. The fourth-order valence-corrected chi connectivity index (χ4v) is 3.76. The monoisotopic (exact) mass is 356 g/mol. The standard InChI is InChI=1S/C14H14ClFN4O2S/c1-9-4-11(16)5-10(6-17)14(9)23(21,22)19(2)8-13-18-7-12(15)20(13)3/h4-5,7H,8H2,1-3H3. The number of nitriles is 1. The molecule has 9 heteroatoms. The summed E-state index contributed by atoms with van der Waals surface area (Å²) < 4.78 is 41.5. The lowest BCUT2D eigenvalue weighted by atomic mass is 10.1. The van der Waals surface area contributed by atoms with E-state index in [1.54, 1.807) is 17.7 Å². The summed E-state index contributed by atoms with van der Waals surface area (Å²) in [5.74, 6) is -0.212. The van der Waals surface area contributed by atoms with Gasteiger partial charge in [0.25, 0.3) is 0 Å². The van der Waals surface area contributed by atoms with Crippen LogP contribution in [0.3, 0.4) is 0 Å². The van der Waals surface area contributed by atoms with E-state index in [-0.39, 0.29) is 22.6 Å². The van der Waals surface area contributed by atoms with E-state index in [1.807, 2.05) is 0 Å². The minimum Gasteiger partial charge on any atom is -0.321 e. The van der Waals surface area contributed by atoms with Crippen LogP contribution in [0.5, 0.6) is 0 Å². The molecular formula is C14H14ClFN4O2S. The van der Waals surface area contributed by atoms with Crippen molar-refractivity contribution in [2.45, 2.75) is 18.4 Å². The highest BCUT2D eigenvalue weighted by Gasteiger charge is 2.28. The molecule has 0 saturated heterocycles. The van der Waals surface area contributed by atoms with Gasteiger partial charge in [0.2, 0.25) is 10.0 Å². The number of aromatic nitrogens is 2. The lowest BCUT2D eigenvalue weighted by molar-refractivity contribution is 0.450. The average molecular weight is 357 g/mol. The predicted molar refractivity (Wildman–Crippen MR) is 82.7 cm³/mol. The first-order valence-corrected chi connectivity index (χ1v) is 8.33. The van der Waals surface area contributed by atoms with Crippen LogP contribution < -0.4 is 0 Å². The first-order chi connectivity index (χ1) is 10.7. The Hall–Kier alpha value is -1.95. The first kappa shape index (κ1) is 17.4. The Morgan fingerprint density at radius 2 is 2.13 bits per heavy atom. The van der Waals surface area contributed by atoms with Gasteiger partial charge in [0.15, 0.2) is 0 Å². The molecule has 0 N–H and O–H groups in total. The normalized spacial score (nSPS) is 11.7. The van der Waals surface area contributed by atoms with Gasteiger partial charge in [0, 0.05) is 14.1 Å². The Labute approximate surface area is 138 Å². The Kier molecular flexibility index (Phi) is 4.75. The molecule has 1 aromatic heterocycles. The van der Waals surface area contributed by atoms with Gasteiger partial charge in [-0.2, -0.15) is 9.57 Å². The van der Waals surface area contributed by atoms with Crippen LogP contribution in [0.1, 0.15) is 17.0 Å². The molecule has 0 spiro atoms. The van der Waals surface area contributed by atoms with E-state index >= 15 is 0 Å². The number of hydrogen-bond acceptors (Lipinski definition) is 4. The Morgan fingerprint density at radius 1 is 1.48 bits per heavy atom. The predicted octanol–water partition coefficient (Wildman–Crippen LogP) is 2.21. The fraction of sp³-hybridized carbons (Fsp3) is 0.286. The van der Waals surface area contributed by atoms with Crippen molar-refractivity contribution < 1.29 is 12.8 Å². The van der Waals surface area contributed by atoms with Crippen molar-refractivity contribution in [2.24, 2.45) is 7.05 Å². The molecule has 1 heterocycles. The van der Waals surface area contributed by atoms with Crippen LogP contribution in [0.25, 0.3) is 0 Å². The Balaban J connectivity index is 2.47. The maximum absolute atomic E-state index is 13.4. The van der Waals surface area contributed by atoms with Crippen LogP contribution in [0, 0.1) is 24.1 Å². The third-order valence-corrected chi connectivity index (χ3v) is 5.78. The lowest BCUT2D eigenvalue weighted by Gasteiger charge is -2.19. The van der Waals surface area contributed by atoms with Crippen LogP contribution in [0.2, 0.25) is 5.15 Å². The zero-order chi connectivity index (χ0) is 17.4. The SMILES string of the molecule is Cc1cc(F)cc(C#N)c1S(=O)(=O)N(C)Cc1ncc(Cl)n1C. The smallest absolute Gasteiger partial charge is 0.244 e. The van der Waals surface area contributed by atoms with Crippen molar-refractivity contribution in [1.29, 1.82) is 5.26 Å². The Bertz CT molecular complexity index is 902. The van der Waals surface area contributed by atoms with Gasteiger partial charge in [-0.3, -0.25) is 0 Å². The van der Waals surface area contributed by atoms with E-state index in [4.69, 9.17) is 16.9 Å². The van der Waals surface area contributed by atoms with Crippen LogP contribution in [-0.2, 0) is 23.6 Å². The molecule has 0 unspecified atom stereocenters. The van der Waals surface area contributed by atoms with Gasteiger partial charge >= 0.3 is 0 Å². The second kappa shape index (κ2) is 6.28. The van der Waals surface area contributed by atoms with E-state index in [0.29, 0.717) is 11.0 Å². The highest BCUT2D eigenvalue weighted by molar-refractivity contribution is 7.89. The highest BCUT2D eigenvalue weighted by Crippen LogP contribution is 2.25.